The van der Waals surface area contributed by atoms with Crippen LogP contribution in [0.3, 0.4) is 0 Å². The van der Waals surface area contributed by atoms with E-state index in [1.165, 1.54) is 0 Å². The maximum atomic E-state index is 11.3. The Morgan fingerprint density at radius 3 is 2.25 bits per heavy atom. The van der Waals surface area contributed by atoms with Crippen LogP contribution in [0.1, 0.15) is 0 Å². The van der Waals surface area contributed by atoms with Gasteiger partial charge in [0.05, 0.1) is 0 Å². The van der Waals surface area contributed by atoms with Crippen molar-refractivity contribution >= 4 is 45.0 Å². The van der Waals surface area contributed by atoms with E-state index in [4.69, 9.17) is 11.6 Å². The van der Waals surface area contributed by atoms with Gasteiger partial charge in [-0.2, -0.15) is 0 Å². The van der Waals surface area contributed by atoms with Crippen LogP contribution in [0.4, 0.5) is 5.69 Å². The van der Waals surface area contributed by atoms with Crippen molar-refractivity contribution in [3.05, 3.63) is 39.5 Å². The normalized spacial score (nSPS) is 15.4. The van der Waals surface area contributed by atoms with Crippen LogP contribution < -0.4 is 10.6 Å². The zero-order chi connectivity index (χ0) is 11.7. The number of rotatable bonds is 2. The molecule has 4 nitrogen and oxygen atoms in total. The van der Waals surface area contributed by atoms with Gasteiger partial charge in [-0.25, -0.2) is 0 Å². The Bertz CT molecular complexity index is 496. The quantitative estimate of drug-likeness (QED) is 0.821. The van der Waals surface area contributed by atoms with Crippen LogP contribution in [-0.4, -0.2) is 11.8 Å². The predicted octanol–water partition coefficient (Wildman–Crippen LogP) is 1.97. The van der Waals surface area contributed by atoms with Crippen LogP contribution in [0.15, 0.2) is 39.5 Å². The summed E-state index contributed by atoms with van der Waals surface area (Å²) in [5.41, 5.74) is 0.759. The first-order chi connectivity index (χ1) is 7.58. The van der Waals surface area contributed by atoms with Gasteiger partial charge in [-0.1, -0.05) is 27.5 Å². The molecule has 0 radical (unpaired) electrons. The van der Waals surface area contributed by atoms with Gasteiger partial charge in [0.2, 0.25) is 0 Å². The molecular weight excluding hydrogens is 295 g/mol. The molecule has 0 unspecified atom stereocenters. The van der Waals surface area contributed by atoms with Gasteiger partial charge in [-0.05, 0) is 24.3 Å². The molecule has 0 bridgehead atoms. The monoisotopic (exact) mass is 300 g/mol. The molecule has 2 N–H and O–H groups in total. The largest absolute Gasteiger partial charge is 0.350 e. The van der Waals surface area contributed by atoms with E-state index in [0.29, 0.717) is 5.69 Å². The molecule has 1 aromatic carbocycles. The zero-order valence-electron chi connectivity index (χ0n) is 7.88. The lowest BCUT2D eigenvalue weighted by molar-refractivity contribution is -0.123. The standard InChI is InChI=1S/C10H6BrClN2O2/c11-5-1-3-6(4-2-5)13-8-7(12)9(15)14-10(8)16/h1-4H,(H2,13,14,15,16). The highest BCUT2D eigenvalue weighted by Gasteiger charge is 2.28. The SMILES string of the molecule is O=C1NC(=O)C(Nc2ccc(Br)cc2)=C1Cl. The fourth-order valence-electron chi connectivity index (χ4n) is 1.22. The molecule has 6 heteroatoms. The molecule has 0 fully saturated rings. The summed E-state index contributed by atoms with van der Waals surface area (Å²) in [5.74, 6) is -1.09. The average molecular weight is 302 g/mol. The molecule has 0 aliphatic carbocycles. The van der Waals surface area contributed by atoms with E-state index in [0.717, 1.165) is 4.47 Å². The minimum Gasteiger partial charge on any atom is -0.350 e. The second kappa shape index (κ2) is 4.27. The molecule has 0 atom stereocenters. The fourth-order valence-corrected chi connectivity index (χ4v) is 1.67. The van der Waals surface area contributed by atoms with Crippen molar-refractivity contribution in [3.8, 4) is 0 Å². The smallest absolute Gasteiger partial charge is 0.276 e. The highest BCUT2D eigenvalue weighted by Crippen LogP contribution is 2.21. The van der Waals surface area contributed by atoms with Gasteiger partial charge < -0.3 is 5.32 Å². The number of nitrogens with one attached hydrogen (secondary N) is 2. The number of halogens is 2. The highest BCUT2D eigenvalue weighted by atomic mass is 79.9. The van der Waals surface area contributed by atoms with Crippen LogP contribution in [0.2, 0.25) is 0 Å². The predicted molar refractivity (Wildman–Crippen MR) is 63.8 cm³/mol. The minimum absolute atomic E-state index is 0.0778. The highest BCUT2D eigenvalue weighted by molar-refractivity contribution is 9.10. The van der Waals surface area contributed by atoms with E-state index in [-0.39, 0.29) is 10.7 Å². The first-order valence-electron chi connectivity index (χ1n) is 4.36. The Labute approximate surface area is 105 Å². The van der Waals surface area contributed by atoms with Crippen LogP contribution in [-0.2, 0) is 9.59 Å². The molecular formula is C10H6BrClN2O2. The van der Waals surface area contributed by atoms with Gasteiger partial charge >= 0.3 is 0 Å². The maximum Gasteiger partial charge on any atom is 0.276 e. The van der Waals surface area contributed by atoms with Crippen LogP contribution in [0.5, 0.6) is 0 Å². The van der Waals surface area contributed by atoms with E-state index in [1.807, 2.05) is 12.1 Å². The molecule has 1 aromatic rings. The number of carbonyl (C=O) groups excluding carboxylic acids is 2. The van der Waals surface area contributed by atoms with Gasteiger partial charge in [0.25, 0.3) is 11.8 Å². The molecule has 0 saturated heterocycles. The maximum absolute atomic E-state index is 11.3. The summed E-state index contributed by atoms with van der Waals surface area (Å²) in [4.78, 5) is 22.4. The lowest BCUT2D eigenvalue weighted by Gasteiger charge is -2.05. The lowest BCUT2D eigenvalue weighted by atomic mass is 10.3. The van der Waals surface area contributed by atoms with E-state index >= 15 is 0 Å². The molecule has 82 valence electrons. The summed E-state index contributed by atoms with van der Waals surface area (Å²) in [6.07, 6.45) is 0. The summed E-state index contributed by atoms with van der Waals surface area (Å²) >= 11 is 8.97. The molecule has 0 saturated carbocycles. The van der Waals surface area contributed by atoms with Gasteiger partial charge in [-0.3, -0.25) is 14.9 Å². The van der Waals surface area contributed by atoms with Gasteiger partial charge in [0.15, 0.2) is 0 Å². The van der Waals surface area contributed by atoms with Crippen LogP contribution in [0, 0.1) is 0 Å². The summed E-state index contributed by atoms with van der Waals surface area (Å²) in [5, 5.41) is 4.77. The number of carbonyl (C=O) groups is 2. The van der Waals surface area contributed by atoms with E-state index in [2.05, 4.69) is 26.6 Å². The molecule has 0 aromatic heterocycles. The first-order valence-corrected chi connectivity index (χ1v) is 5.53. The van der Waals surface area contributed by atoms with E-state index < -0.39 is 11.8 Å². The summed E-state index contributed by atoms with van der Waals surface area (Å²) in [7, 11) is 0. The number of hydrogen-bond acceptors (Lipinski definition) is 3. The van der Waals surface area contributed by atoms with Crippen molar-refractivity contribution in [2.45, 2.75) is 0 Å². The van der Waals surface area contributed by atoms with Crippen LogP contribution >= 0.6 is 27.5 Å². The van der Waals surface area contributed by atoms with Crippen molar-refractivity contribution < 1.29 is 9.59 Å². The third kappa shape index (κ3) is 2.10. The molecule has 1 aliphatic rings. The minimum atomic E-state index is -0.578. The Balaban J connectivity index is 2.25. The Kier molecular flexibility index (Phi) is 2.98. The zero-order valence-corrected chi connectivity index (χ0v) is 10.2. The molecule has 2 amide bonds. The second-order valence-corrected chi connectivity index (χ2v) is 4.40. The van der Waals surface area contributed by atoms with Crippen molar-refractivity contribution in [2.24, 2.45) is 0 Å². The molecule has 1 aliphatic heterocycles. The third-order valence-corrected chi connectivity index (χ3v) is 2.88. The van der Waals surface area contributed by atoms with Crippen LogP contribution in [0.25, 0.3) is 0 Å². The molecule has 2 rings (SSSR count). The van der Waals surface area contributed by atoms with Gasteiger partial charge in [0.1, 0.15) is 10.7 Å². The summed E-state index contributed by atoms with van der Waals surface area (Å²) in [6.45, 7) is 0. The summed E-state index contributed by atoms with van der Waals surface area (Å²) in [6, 6.07) is 7.14. The Hall–Kier alpha value is -1.33. The second-order valence-electron chi connectivity index (χ2n) is 3.10. The molecule has 1 heterocycles. The van der Waals surface area contributed by atoms with Gasteiger partial charge in [0, 0.05) is 10.2 Å². The third-order valence-electron chi connectivity index (χ3n) is 1.99. The van der Waals surface area contributed by atoms with Crippen molar-refractivity contribution in [1.29, 1.82) is 0 Å². The lowest BCUT2D eigenvalue weighted by Crippen LogP contribution is -2.24. The number of benzene rings is 1. The number of imide groups is 1. The average Bonchev–Trinajstić information content (AvgIpc) is 2.48. The first kappa shape index (κ1) is 11.2. The number of hydrogen-bond donors (Lipinski definition) is 2. The molecule has 16 heavy (non-hydrogen) atoms. The van der Waals surface area contributed by atoms with E-state index in [9.17, 15) is 9.59 Å². The number of amides is 2. The van der Waals surface area contributed by atoms with Crippen molar-refractivity contribution in [1.82, 2.24) is 5.32 Å². The van der Waals surface area contributed by atoms with Gasteiger partial charge in [-0.15, -0.1) is 0 Å². The Morgan fingerprint density at radius 1 is 1.12 bits per heavy atom. The molecule has 0 spiro atoms. The van der Waals surface area contributed by atoms with E-state index in [1.54, 1.807) is 12.1 Å². The Morgan fingerprint density at radius 2 is 1.75 bits per heavy atom. The summed E-state index contributed by atoms with van der Waals surface area (Å²) < 4.78 is 0.921. The number of anilines is 1. The van der Waals surface area contributed by atoms with Crippen molar-refractivity contribution in [2.75, 3.05) is 5.32 Å². The van der Waals surface area contributed by atoms with Crippen molar-refractivity contribution in [3.63, 3.8) is 0 Å². The topological polar surface area (TPSA) is 58.2 Å². The fraction of sp³-hybridized carbons (Fsp3) is 0.